The van der Waals surface area contributed by atoms with Crippen molar-refractivity contribution in [3.05, 3.63) is 58.4 Å². The lowest BCUT2D eigenvalue weighted by Crippen LogP contribution is -2.42. The van der Waals surface area contributed by atoms with E-state index in [2.05, 4.69) is 38.8 Å². The molecule has 3 aromatic rings. The number of likely N-dealkylation sites (tertiary alicyclic amines) is 1. The SMILES string of the molecule is Cc1ncc(CC(=O)N2CCC(C(O)CC3c4ccccc4-c4cncn43)CC2)s1. The van der Waals surface area contributed by atoms with E-state index in [0.717, 1.165) is 41.5 Å². The minimum Gasteiger partial charge on any atom is -0.393 e. The van der Waals surface area contributed by atoms with Crippen LogP contribution in [0.3, 0.4) is 0 Å². The number of nitrogens with zero attached hydrogens (tertiary/aromatic N) is 4. The molecule has 2 aromatic heterocycles. The second-order valence-corrected chi connectivity index (χ2v) is 9.65. The highest BCUT2D eigenvalue weighted by atomic mass is 32.1. The van der Waals surface area contributed by atoms with Crippen LogP contribution in [0.2, 0.25) is 0 Å². The number of imidazole rings is 1. The van der Waals surface area contributed by atoms with Crippen molar-refractivity contribution in [3.8, 4) is 11.3 Å². The highest BCUT2D eigenvalue weighted by molar-refractivity contribution is 7.11. The molecule has 1 amide bonds. The summed E-state index contributed by atoms with van der Waals surface area (Å²) in [6.45, 7) is 3.40. The fourth-order valence-electron chi connectivity index (χ4n) is 4.88. The summed E-state index contributed by atoms with van der Waals surface area (Å²) < 4.78 is 2.18. The van der Waals surface area contributed by atoms with Crippen LogP contribution in [-0.4, -0.2) is 49.6 Å². The Bertz CT molecular complexity index is 1050. The molecule has 30 heavy (non-hydrogen) atoms. The van der Waals surface area contributed by atoms with E-state index in [1.165, 1.54) is 11.1 Å². The summed E-state index contributed by atoms with van der Waals surface area (Å²) in [6.07, 6.45) is 7.99. The van der Waals surface area contributed by atoms with E-state index in [-0.39, 0.29) is 17.9 Å². The lowest BCUT2D eigenvalue weighted by Gasteiger charge is -2.35. The molecule has 2 unspecified atom stereocenters. The lowest BCUT2D eigenvalue weighted by molar-refractivity contribution is -0.132. The van der Waals surface area contributed by atoms with Crippen LogP contribution in [-0.2, 0) is 11.2 Å². The Morgan fingerprint density at radius 3 is 2.83 bits per heavy atom. The number of hydrogen-bond acceptors (Lipinski definition) is 5. The maximum Gasteiger partial charge on any atom is 0.227 e. The maximum atomic E-state index is 12.6. The molecule has 5 rings (SSSR count). The van der Waals surface area contributed by atoms with Gasteiger partial charge in [0.05, 0.1) is 41.8 Å². The van der Waals surface area contributed by atoms with Gasteiger partial charge in [0.2, 0.25) is 5.91 Å². The molecule has 1 saturated heterocycles. The molecule has 2 aliphatic heterocycles. The van der Waals surface area contributed by atoms with Gasteiger partial charge in [-0.1, -0.05) is 24.3 Å². The molecule has 1 aromatic carbocycles. The van der Waals surface area contributed by atoms with Gasteiger partial charge in [0.1, 0.15) is 0 Å². The van der Waals surface area contributed by atoms with E-state index >= 15 is 0 Å². The summed E-state index contributed by atoms with van der Waals surface area (Å²) in [6, 6.07) is 8.52. The number of amides is 1. The van der Waals surface area contributed by atoms with Crippen LogP contribution >= 0.6 is 11.3 Å². The predicted molar refractivity (Wildman–Crippen MR) is 116 cm³/mol. The van der Waals surface area contributed by atoms with Gasteiger partial charge < -0.3 is 14.6 Å². The fraction of sp³-hybridized carbons (Fsp3) is 0.435. The summed E-state index contributed by atoms with van der Waals surface area (Å²) in [5.74, 6) is 0.388. The van der Waals surface area contributed by atoms with E-state index < -0.39 is 6.10 Å². The molecule has 1 fully saturated rings. The second kappa shape index (κ2) is 7.96. The number of piperidine rings is 1. The van der Waals surface area contributed by atoms with E-state index in [9.17, 15) is 9.90 Å². The summed E-state index contributed by atoms with van der Waals surface area (Å²) in [5.41, 5.74) is 3.61. The van der Waals surface area contributed by atoms with Crippen molar-refractivity contribution in [3.63, 3.8) is 0 Å². The average molecular weight is 423 g/mol. The zero-order valence-electron chi connectivity index (χ0n) is 17.1. The fourth-order valence-corrected chi connectivity index (χ4v) is 5.66. The number of aliphatic hydroxyl groups is 1. The highest BCUT2D eigenvalue weighted by Crippen LogP contribution is 2.42. The third-order valence-corrected chi connectivity index (χ3v) is 7.41. The first-order valence-corrected chi connectivity index (χ1v) is 11.4. The largest absolute Gasteiger partial charge is 0.393 e. The molecule has 7 heteroatoms. The molecule has 0 radical (unpaired) electrons. The number of rotatable bonds is 5. The third kappa shape index (κ3) is 3.56. The minimum absolute atomic E-state index is 0.128. The van der Waals surface area contributed by atoms with Crippen molar-refractivity contribution < 1.29 is 9.90 Å². The highest BCUT2D eigenvalue weighted by Gasteiger charge is 2.34. The molecule has 2 atom stereocenters. The first-order valence-electron chi connectivity index (χ1n) is 10.6. The molecule has 0 saturated carbocycles. The van der Waals surface area contributed by atoms with Crippen LogP contribution in [0.5, 0.6) is 0 Å². The molecular weight excluding hydrogens is 396 g/mol. The van der Waals surface area contributed by atoms with E-state index in [0.29, 0.717) is 12.8 Å². The van der Waals surface area contributed by atoms with Crippen molar-refractivity contribution in [1.29, 1.82) is 0 Å². The number of aromatic nitrogens is 3. The average Bonchev–Trinajstić information content (AvgIpc) is 3.46. The Morgan fingerprint density at radius 2 is 2.07 bits per heavy atom. The molecule has 0 spiro atoms. The number of hydrogen-bond donors (Lipinski definition) is 1. The number of thiazole rings is 1. The van der Waals surface area contributed by atoms with Gasteiger partial charge >= 0.3 is 0 Å². The zero-order chi connectivity index (χ0) is 20.7. The smallest absolute Gasteiger partial charge is 0.227 e. The minimum atomic E-state index is -0.391. The quantitative estimate of drug-likeness (QED) is 0.684. The van der Waals surface area contributed by atoms with Gasteiger partial charge in [-0.05, 0) is 37.7 Å². The summed E-state index contributed by atoms with van der Waals surface area (Å²) in [5, 5.41) is 12.0. The van der Waals surface area contributed by atoms with Crippen molar-refractivity contribution in [1.82, 2.24) is 19.4 Å². The predicted octanol–water partition coefficient (Wildman–Crippen LogP) is 3.45. The lowest BCUT2D eigenvalue weighted by atomic mass is 9.86. The number of carbonyl (C=O) groups excluding carboxylic acids is 1. The van der Waals surface area contributed by atoms with Gasteiger partial charge in [-0.3, -0.25) is 4.79 Å². The Kier molecular flexibility index (Phi) is 5.16. The van der Waals surface area contributed by atoms with Crippen molar-refractivity contribution in [2.75, 3.05) is 13.1 Å². The van der Waals surface area contributed by atoms with Crippen LogP contribution < -0.4 is 0 Å². The summed E-state index contributed by atoms with van der Waals surface area (Å²) in [4.78, 5) is 24.1. The Hall–Kier alpha value is -2.51. The van der Waals surface area contributed by atoms with Gasteiger partial charge in [-0.25, -0.2) is 9.97 Å². The van der Waals surface area contributed by atoms with E-state index in [1.807, 2.05) is 24.3 Å². The van der Waals surface area contributed by atoms with E-state index in [4.69, 9.17) is 0 Å². The molecule has 156 valence electrons. The summed E-state index contributed by atoms with van der Waals surface area (Å²) in [7, 11) is 0. The second-order valence-electron chi connectivity index (χ2n) is 8.33. The van der Waals surface area contributed by atoms with Crippen LogP contribution in [0.15, 0.2) is 43.0 Å². The monoisotopic (exact) mass is 422 g/mol. The Balaban J connectivity index is 1.20. The number of aliphatic hydroxyl groups excluding tert-OH is 1. The van der Waals surface area contributed by atoms with Gasteiger partial charge in [-0.2, -0.15) is 0 Å². The van der Waals surface area contributed by atoms with E-state index in [1.54, 1.807) is 17.5 Å². The van der Waals surface area contributed by atoms with Gasteiger partial charge in [0.25, 0.3) is 0 Å². The van der Waals surface area contributed by atoms with Crippen molar-refractivity contribution >= 4 is 17.2 Å². The standard InChI is InChI=1S/C23H26N4O2S/c1-15-25-12-17(30-15)10-23(29)26-8-6-16(7-9-26)22(28)11-20-18-4-2-3-5-19(18)21-13-24-14-27(20)21/h2-5,12-14,16,20,22,28H,6-11H2,1H3. The van der Waals surface area contributed by atoms with Crippen molar-refractivity contribution in [2.24, 2.45) is 5.92 Å². The Labute approximate surface area is 180 Å². The molecule has 1 N–H and O–H groups in total. The molecule has 6 nitrogen and oxygen atoms in total. The van der Waals surface area contributed by atoms with Crippen LogP contribution in [0.25, 0.3) is 11.3 Å². The van der Waals surface area contributed by atoms with Gasteiger partial charge in [0.15, 0.2) is 0 Å². The third-order valence-electron chi connectivity index (χ3n) is 6.49. The topological polar surface area (TPSA) is 71.2 Å². The number of aryl methyl sites for hydroxylation is 1. The normalized spacial score (nSPS) is 19.5. The number of fused-ring (bicyclic) bond motifs is 3. The van der Waals surface area contributed by atoms with Crippen LogP contribution in [0, 0.1) is 12.8 Å². The first-order chi connectivity index (χ1) is 14.6. The zero-order valence-corrected chi connectivity index (χ0v) is 17.9. The van der Waals surface area contributed by atoms with Crippen molar-refractivity contribution in [2.45, 2.75) is 44.8 Å². The number of benzene rings is 1. The summed E-state index contributed by atoms with van der Waals surface area (Å²) >= 11 is 1.59. The Morgan fingerprint density at radius 1 is 1.27 bits per heavy atom. The molecular formula is C23H26N4O2S. The first kappa shape index (κ1) is 19.5. The van der Waals surface area contributed by atoms with Crippen LogP contribution in [0.1, 0.15) is 40.8 Å². The van der Waals surface area contributed by atoms with Gasteiger partial charge in [-0.15, -0.1) is 11.3 Å². The maximum absolute atomic E-state index is 12.6. The van der Waals surface area contributed by atoms with Crippen LogP contribution in [0.4, 0.5) is 0 Å². The molecule has 0 bridgehead atoms. The molecule has 2 aliphatic rings. The number of carbonyl (C=O) groups is 1. The molecule has 4 heterocycles. The van der Waals surface area contributed by atoms with Gasteiger partial charge in [0, 0.05) is 29.7 Å². The molecule has 0 aliphatic carbocycles.